The summed E-state index contributed by atoms with van der Waals surface area (Å²) >= 11 is 0. The van der Waals surface area contributed by atoms with Crippen molar-refractivity contribution in [2.24, 2.45) is 0 Å². The molecule has 1 fully saturated rings. The molecule has 0 radical (unpaired) electrons. The second-order valence-electron chi connectivity index (χ2n) is 2.54. The topological polar surface area (TPSA) is 65.1 Å². The molecule has 0 saturated carbocycles. The Hall–Kier alpha value is -0.580. The molecule has 82 valence electrons. The molecule has 1 saturated heterocycles. The van der Waals surface area contributed by atoms with E-state index < -0.39 is 13.8 Å². The first-order chi connectivity index (χ1) is 6.64. The Bertz CT molecular complexity index is 246. The van der Waals surface area contributed by atoms with Crippen molar-refractivity contribution in [2.45, 2.75) is 13.8 Å². The molecule has 0 bridgehead atoms. The lowest BCUT2D eigenvalue weighted by Crippen LogP contribution is -2.23. The van der Waals surface area contributed by atoms with Crippen LogP contribution in [0.4, 0.5) is 4.79 Å². The van der Waals surface area contributed by atoms with Gasteiger partial charge in [0.15, 0.2) is 0 Å². The third-order valence-corrected chi connectivity index (χ3v) is 3.74. The van der Waals surface area contributed by atoms with E-state index in [1.54, 1.807) is 13.8 Å². The van der Waals surface area contributed by atoms with Gasteiger partial charge in [0.2, 0.25) is 0 Å². The zero-order chi connectivity index (χ0) is 10.6. The van der Waals surface area contributed by atoms with E-state index in [-0.39, 0.29) is 26.4 Å². The number of ether oxygens (including phenoxy) is 1. The van der Waals surface area contributed by atoms with Gasteiger partial charge in [-0.05, 0) is 13.8 Å². The van der Waals surface area contributed by atoms with Gasteiger partial charge in [0.1, 0.15) is 6.61 Å². The molecule has 1 amide bonds. The van der Waals surface area contributed by atoms with Gasteiger partial charge in [-0.2, -0.15) is 0 Å². The SMILES string of the molecule is CCOP(=O)(OCC)N1CCOC1=O. The van der Waals surface area contributed by atoms with E-state index in [0.717, 1.165) is 4.67 Å². The summed E-state index contributed by atoms with van der Waals surface area (Å²) in [6, 6.07) is 0. The molecule has 1 rings (SSSR count). The zero-order valence-electron chi connectivity index (χ0n) is 8.26. The second kappa shape index (κ2) is 4.77. The molecule has 14 heavy (non-hydrogen) atoms. The minimum atomic E-state index is -3.46. The van der Waals surface area contributed by atoms with Crippen LogP contribution in [0.3, 0.4) is 0 Å². The molecule has 1 heterocycles. The van der Waals surface area contributed by atoms with Gasteiger partial charge < -0.3 is 4.74 Å². The third kappa shape index (κ3) is 2.26. The molecule has 1 aliphatic heterocycles. The van der Waals surface area contributed by atoms with E-state index in [9.17, 15) is 9.36 Å². The van der Waals surface area contributed by atoms with Crippen LogP contribution >= 0.6 is 7.75 Å². The van der Waals surface area contributed by atoms with Gasteiger partial charge in [-0.15, -0.1) is 0 Å². The first-order valence-electron chi connectivity index (χ1n) is 4.48. The molecule has 7 heteroatoms. The van der Waals surface area contributed by atoms with Crippen molar-refractivity contribution in [2.75, 3.05) is 26.4 Å². The molecule has 0 aromatic rings. The molecule has 0 unspecified atom stereocenters. The average molecular weight is 223 g/mol. The minimum absolute atomic E-state index is 0.223. The molecule has 6 nitrogen and oxygen atoms in total. The van der Waals surface area contributed by atoms with Crippen LogP contribution in [0, 0.1) is 0 Å². The highest BCUT2D eigenvalue weighted by Gasteiger charge is 2.41. The maximum absolute atomic E-state index is 12.0. The van der Waals surface area contributed by atoms with Crippen molar-refractivity contribution in [3.8, 4) is 0 Å². The van der Waals surface area contributed by atoms with Crippen LogP contribution in [0.5, 0.6) is 0 Å². The lowest BCUT2D eigenvalue weighted by molar-refractivity contribution is 0.151. The van der Waals surface area contributed by atoms with Crippen LogP contribution in [0.1, 0.15) is 13.8 Å². The fourth-order valence-electron chi connectivity index (χ4n) is 1.11. The van der Waals surface area contributed by atoms with Crippen molar-refractivity contribution in [3.63, 3.8) is 0 Å². The molecule has 0 aromatic heterocycles. The minimum Gasteiger partial charge on any atom is -0.447 e. The highest BCUT2D eigenvalue weighted by atomic mass is 31.2. The molecular formula is C7H14NO5P. The van der Waals surface area contributed by atoms with Crippen molar-refractivity contribution in [3.05, 3.63) is 0 Å². The maximum Gasteiger partial charge on any atom is 0.440 e. The number of amides is 1. The lowest BCUT2D eigenvalue weighted by Gasteiger charge is -2.23. The Balaban J connectivity index is 2.75. The standard InChI is InChI=1S/C7H14NO5P/c1-3-12-14(10,13-4-2)8-5-6-11-7(8)9/h3-6H2,1-2H3. The van der Waals surface area contributed by atoms with Crippen LogP contribution in [0.2, 0.25) is 0 Å². The summed E-state index contributed by atoms with van der Waals surface area (Å²) < 4.78 is 27.6. The van der Waals surface area contributed by atoms with Crippen LogP contribution in [0.25, 0.3) is 0 Å². The maximum atomic E-state index is 12.0. The summed E-state index contributed by atoms with van der Waals surface area (Å²) in [6.45, 7) is 4.29. The van der Waals surface area contributed by atoms with Gasteiger partial charge in [-0.1, -0.05) is 0 Å². The Morgan fingerprint density at radius 2 is 2.00 bits per heavy atom. The summed E-state index contributed by atoms with van der Waals surface area (Å²) in [4.78, 5) is 11.1. The van der Waals surface area contributed by atoms with Gasteiger partial charge in [0.25, 0.3) is 0 Å². The predicted octanol–water partition coefficient (Wildman–Crippen LogP) is 1.62. The number of hydrogen-bond donors (Lipinski definition) is 0. The smallest absolute Gasteiger partial charge is 0.440 e. The van der Waals surface area contributed by atoms with E-state index in [4.69, 9.17) is 9.05 Å². The first kappa shape index (κ1) is 11.5. The summed E-state index contributed by atoms with van der Waals surface area (Å²) in [5.74, 6) is 0. The highest BCUT2D eigenvalue weighted by molar-refractivity contribution is 7.52. The predicted molar refractivity (Wildman–Crippen MR) is 48.9 cm³/mol. The van der Waals surface area contributed by atoms with E-state index in [1.807, 2.05) is 0 Å². The van der Waals surface area contributed by atoms with Gasteiger partial charge in [0.05, 0.1) is 19.8 Å². The molecular weight excluding hydrogens is 209 g/mol. The first-order valence-corrected chi connectivity index (χ1v) is 5.97. The fraction of sp³-hybridized carbons (Fsp3) is 0.857. The Morgan fingerprint density at radius 1 is 1.43 bits per heavy atom. The van der Waals surface area contributed by atoms with Gasteiger partial charge in [0, 0.05) is 0 Å². The Morgan fingerprint density at radius 3 is 2.36 bits per heavy atom. The summed E-state index contributed by atoms with van der Waals surface area (Å²) in [5, 5.41) is 0. The van der Waals surface area contributed by atoms with Gasteiger partial charge >= 0.3 is 13.8 Å². The van der Waals surface area contributed by atoms with Crippen LogP contribution in [-0.2, 0) is 18.3 Å². The zero-order valence-corrected chi connectivity index (χ0v) is 9.16. The van der Waals surface area contributed by atoms with Crippen LogP contribution in [0.15, 0.2) is 0 Å². The number of cyclic esters (lactones) is 1. The lowest BCUT2D eigenvalue weighted by atomic mass is 10.7. The number of carbonyl (C=O) groups excluding carboxylic acids is 1. The monoisotopic (exact) mass is 223 g/mol. The third-order valence-electron chi connectivity index (χ3n) is 1.62. The number of rotatable bonds is 5. The molecule has 0 aromatic carbocycles. The number of hydrogen-bond acceptors (Lipinski definition) is 5. The van der Waals surface area contributed by atoms with Crippen LogP contribution in [-0.4, -0.2) is 37.1 Å². The number of nitrogens with zero attached hydrogens (tertiary/aromatic N) is 1. The molecule has 0 N–H and O–H groups in total. The van der Waals surface area contributed by atoms with Crippen LogP contribution < -0.4 is 0 Å². The van der Waals surface area contributed by atoms with Crippen molar-refractivity contribution < 1.29 is 23.1 Å². The fourth-order valence-corrected chi connectivity index (χ4v) is 2.70. The van der Waals surface area contributed by atoms with Crippen molar-refractivity contribution >= 4 is 13.8 Å². The molecule has 0 atom stereocenters. The number of carbonyl (C=O) groups is 1. The Kier molecular flexibility index (Phi) is 3.92. The summed E-state index contributed by atoms with van der Waals surface area (Å²) in [6.07, 6.45) is -0.643. The van der Waals surface area contributed by atoms with Gasteiger partial charge in [-0.25, -0.2) is 14.0 Å². The Labute approximate surface area is 82.7 Å². The molecule has 0 aliphatic carbocycles. The van der Waals surface area contributed by atoms with E-state index >= 15 is 0 Å². The van der Waals surface area contributed by atoms with E-state index in [2.05, 4.69) is 4.74 Å². The van der Waals surface area contributed by atoms with E-state index in [1.165, 1.54) is 0 Å². The largest absolute Gasteiger partial charge is 0.447 e. The second-order valence-corrected chi connectivity index (χ2v) is 4.48. The summed E-state index contributed by atoms with van der Waals surface area (Å²) in [5.41, 5.74) is 0. The van der Waals surface area contributed by atoms with Gasteiger partial charge in [-0.3, -0.25) is 9.05 Å². The highest BCUT2D eigenvalue weighted by Crippen LogP contribution is 2.52. The van der Waals surface area contributed by atoms with Crippen molar-refractivity contribution in [1.82, 2.24) is 4.67 Å². The normalized spacial score (nSPS) is 17.3. The quantitative estimate of drug-likeness (QED) is 0.662. The molecule has 1 aliphatic rings. The van der Waals surface area contributed by atoms with Crippen molar-refractivity contribution in [1.29, 1.82) is 0 Å². The van der Waals surface area contributed by atoms with E-state index in [0.29, 0.717) is 0 Å². The average Bonchev–Trinajstić information content (AvgIpc) is 2.52. The molecule has 0 spiro atoms. The summed E-state index contributed by atoms with van der Waals surface area (Å²) in [7, 11) is -3.46.